The van der Waals surface area contributed by atoms with Gasteiger partial charge in [0.25, 0.3) is 5.69 Å². The average Bonchev–Trinajstić information content (AvgIpc) is 2.03. The maximum Gasteiger partial charge on any atom is 1.00 e. The largest absolute Gasteiger partial charge is 1.00 e. The number of hydrogen-bond acceptors (Lipinski definition) is 4. The van der Waals surface area contributed by atoms with Gasteiger partial charge >= 0.3 is 29.6 Å². The molecule has 0 aliphatic rings. The standard InChI is InChI=1S/C8H7NO4.Na/c1-5(10)6-3-2-4-7(8(6)11)9(12)13;/h2-4,11H,1H3;/q;+1/p-1. The van der Waals surface area contributed by atoms with E-state index in [2.05, 4.69) is 0 Å². The number of nitro benzene ring substituents is 1. The van der Waals surface area contributed by atoms with E-state index >= 15 is 0 Å². The number of para-hydroxylation sites is 1. The fourth-order valence-electron chi connectivity index (χ4n) is 0.946. The van der Waals surface area contributed by atoms with Gasteiger partial charge in [0.15, 0.2) is 5.78 Å². The smallest absolute Gasteiger partial charge is 0.867 e. The summed E-state index contributed by atoms with van der Waals surface area (Å²) in [4.78, 5) is 20.3. The molecule has 1 aromatic carbocycles. The second-order valence-corrected chi connectivity index (χ2v) is 2.47. The molecule has 0 N–H and O–H groups in total. The fraction of sp³-hybridized carbons (Fsp3) is 0.125. The van der Waals surface area contributed by atoms with Gasteiger partial charge in [-0.05, 0) is 12.7 Å². The molecule has 0 heterocycles. The third kappa shape index (κ3) is 2.54. The Labute approximate surface area is 102 Å². The van der Waals surface area contributed by atoms with Crippen molar-refractivity contribution in [2.75, 3.05) is 0 Å². The van der Waals surface area contributed by atoms with Crippen molar-refractivity contribution in [2.24, 2.45) is 0 Å². The molecule has 0 saturated heterocycles. The van der Waals surface area contributed by atoms with Gasteiger partial charge in [-0.3, -0.25) is 14.9 Å². The summed E-state index contributed by atoms with van der Waals surface area (Å²) in [6, 6.07) is 3.67. The van der Waals surface area contributed by atoms with Crippen molar-refractivity contribution in [3.05, 3.63) is 33.9 Å². The maximum absolute atomic E-state index is 11.2. The van der Waals surface area contributed by atoms with E-state index in [0.29, 0.717) is 0 Å². The number of nitrogens with zero attached hydrogens (tertiary/aromatic N) is 1. The molecule has 0 radical (unpaired) electrons. The van der Waals surface area contributed by atoms with Crippen LogP contribution in [0, 0.1) is 10.1 Å². The Morgan fingerprint density at radius 1 is 1.43 bits per heavy atom. The van der Waals surface area contributed by atoms with Crippen LogP contribution in [0.25, 0.3) is 0 Å². The number of benzene rings is 1. The van der Waals surface area contributed by atoms with Crippen LogP contribution in [0.1, 0.15) is 17.3 Å². The van der Waals surface area contributed by atoms with E-state index < -0.39 is 22.1 Å². The van der Waals surface area contributed by atoms with Gasteiger partial charge in [-0.1, -0.05) is 12.1 Å². The normalized spacial score (nSPS) is 8.93. The van der Waals surface area contributed by atoms with Gasteiger partial charge in [0.1, 0.15) is 0 Å². The predicted octanol–water partition coefficient (Wildman–Crippen LogP) is -2.12. The van der Waals surface area contributed by atoms with E-state index in [-0.39, 0.29) is 35.1 Å². The van der Waals surface area contributed by atoms with Gasteiger partial charge in [0.2, 0.25) is 0 Å². The van der Waals surface area contributed by atoms with E-state index in [1.54, 1.807) is 0 Å². The molecular formula is C8H6NNaO4. The Hall–Kier alpha value is -0.910. The maximum atomic E-state index is 11.2. The number of hydrogen-bond donors (Lipinski definition) is 0. The second-order valence-electron chi connectivity index (χ2n) is 2.47. The fourth-order valence-corrected chi connectivity index (χ4v) is 0.946. The summed E-state index contributed by atoms with van der Waals surface area (Å²) in [7, 11) is 0. The molecule has 0 fully saturated rings. The van der Waals surface area contributed by atoms with Crippen molar-refractivity contribution >= 4 is 11.5 Å². The SMILES string of the molecule is CC(=O)c1cccc([N+](=O)[O-])c1[O-].[Na+]. The van der Waals surface area contributed by atoms with Gasteiger partial charge in [-0.25, -0.2) is 0 Å². The Bertz CT molecular complexity index is 345. The van der Waals surface area contributed by atoms with Crippen LogP contribution in [0.3, 0.4) is 0 Å². The first-order chi connectivity index (χ1) is 6.04. The summed E-state index contributed by atoms with van der Waals surface area (Å²) in [6.45, 7) is 1.19. The Morgan fingerprint density at radius 3 is 2.43 bits per heavy atom. The van der Waals surface area contributed by atoms with E-state index in [1.807, 2.05) is 0 Å². The van der Waals surface area contributed by atoms with Crippen molar-refractivity contribution in [2.45, 2.75) is 6.92 Å². The van der Waals surface area contributed by atoms with Gasteiger partial charge < -0.3 is 5.11 Å². The number of carbonyl (C=O) groups excluding carboxylic acids is 1. The Balaban J connectivity index is 0.00000169. The van der Waals surface area contributed by atoms with Crippen LogP contribution in [0.15, 0.2) is 18.2 Å². The first-order valence-corrected chi connectivity index (χ1v) is 3.49. The molecule has 0 bridgehead atoms. The van der Waals surface area contributed by atoms with E-state index in [1.165, 1.54) is 19.1 Å². The summed E-state index contributed by atoms with van der Waals surface area (Å²) in [5, 5.41) is 21.5. The molecule has 1 aromatic rings. The van der Waals surface area contributed by atoms with Crippen LogP contribution < -0.4 is 34.7 Å². The monoisotopic (exact) mass is 203 g/mol. The molecule has 0 aromatic heterocycles. The molecule has 0 unspecified atom stereocenters. The van der Waals surface area contributed by atoms with E-state index in [9.17, 15) is 20.0 Å². The van der Waals surface area contributed by atoms with Crippen LogP contribution >= 0.6 is 0 Å². The minimum absolute atomic E-state index is 0. The van der Waals surface area contributed by atoms with Crippen LogP contribution in [0.2, 0.25) is 0 Å². The summed E-state index contributed by atoms with van der Waals surface area (Å²) in [5.74, 6) is -1.28. The summed E-state index contributed by atoms with van der Waals surface area (Å²) < 4.78 is 0. The van der Waals surface area contributed by atoms with Crippen LogP contribution in [0.5, 0.6) is 5.75 Å². The van der Waals surface area contributed by atoms with E-state index in [4.69, 9.17) is 0 Å². The molecule has 6 heteroatoms. The van der Waals surface area contributed by atoms with E-state index in [0.717, 1.165) is 6.07 Å². The van der Waals surface area contributed by atoms with Crippen molar-refractivity contribution in [1.29, 1.82) is 0 Å². The van der Waals surface area contributed by atoms with Crippen molar-refractivity contribution in [3.8, 4) is 5.75 Å². The Morgan fingerprint density at radius 2 is 2.00 bits per heavy atom. The van der Waals surface area contributed by atoms with Crippen molar-refractivity contribution < 1.29 is 44.4 Å². The molecular weight excluding hydrogens is 197 g/mol. The molecule has 0 atom stereocenters. The number of carbonyl (C=O) groups is 1. The van der Waals surface area contributed by atoms with Gasteiger partial charge in [-0.2, -0.15) is 0 Å². The molecule has 14 heavy (non-hydrogen) atoms. The minimum atomic E-state index is -0.819. The summed E-state index contributed by atoms with van der Waals surface area (Å²) >= 11 is 0. The van der Waals surface area contributed by atoms with Crippen LogP contribution in [-0.2, 0) is 0 Å². The summed E-state index contributed by atoms with van der Waals surface area (Å²) in [5.41, 5.74) is -0.707. The zero-order valence-electron chi connectivity index (χ0n) is 7.81. The molecule has 1 rings (SSSR count). The predicted molar refractivity (Wildman–Crippen MR) is 42.5 cm³/mol. The zero-order valence-corrected chi connectivity index (χ0v) is 9.81. The molecule has 0 aliphatic carbocycles. The van der Waals surface area contributed by atoms with Gasteiger partial charge in [0.05, 0.1) is 4.92 Å². The second kappa shape index (κ2) is 5.09. The quantitative estimate of drug-likeness (QED) is 0.238. The molecule has 0 saturated carbocycles. The van der Waals surface area contributed by atoms with Gasteiger partial charge in [-0.15, -0.1) is 0 Å². The average molecular weight is 203 g/mol. The number of ketones is 1. The van der Waals surface area contributed by atoms with Crippen LogP contribution in [-0.4, -0.2) is 10.7 Å². The zero-order chi connectivity index (χ0) is 10.0. The van der Waals surface area contributed by atoms with Crippen molar-refractivity contribution in [1.82, 2.24) is 0 Å². The topological polar surface area (TPSA) is 83.3 Å². The molecule has 0 aliphatic heterocycles. The minimum Gasteiger partial charge on any atom is -0.867 e. The van der Waals surface area contributed by atoms with Crippen LogP contribution in [0.4, 0.5) is 5.69 Å². The Kier molecular flexibility index (Phi) is 4.76. The third-order valence-corrected chi connectivity index (χ3v) is 1.57. The van der Waals surface area contributed by atoms with Crippen molar-refractivity contribution in [3.63, 3.8) is 0 Å². The summed E-state index contributed by atoms with van der Waals surface area (Å²) in [6.07, 6.45) is 0. The molecule has 0 spiro atoms. The third-order valence-electron chi connectivity index (χ3n) is 1.57. The molecule has 5 nitrogen and oxygen atoms in total. The molecule has 68 valence electrons. The first kappa shape index (κ1) is 13.1. The first-order valence-electron chi connectivity index (χ1n) is 3.49. The number of nitro groups is 1. The number of rotatable bonds is 2. The number of Topliss-reactive ketones (excluding diaryl/α,β-unsaturated/α-hetero) is 1. The van der Waals surface area contributed by atoms with Gasteiger partial charge in [0, 0.05) is 11.6 Å². The molecule has 0 amide bonds.